The molecule has 0 unspecified atom stereocenters. The molecule has 0 saturated carbocycles. The molecule has 30 heavy (non-hydrogen) atoms. The highest BCUT2D eigenvalue weighted by Crippen LogP contribution is 2.25. The molecule has 150 valence electrons. The van der Waals surface area contributed by atoms with E-state index in [1.807, 2.05) is 74.5 Å². The maximum atomic E-state index is 12.2. The Hall–Kier alpha value is -3.93. The van der Waals surface area contributed by atoms with Crippen molar-refractivity contribution < 1.29 is 14.1 Å². The number of aromatic nitrogens is 2. The molecule has 0 spiro atoms. The highest BCUT2D eigenvalue weighted by atomic mass is 16.5. The molecule has 0 aliphatic heterocycles. The Morgan fingerprint density at radius 1 is 0.933 bits per heavy atom. The van der Waals surface area contributed by atoms with Crippen LogP contribution in [-0.2, 0) is 4.79 Å². The van der Waals surface area contributed by atoms with E-state index >= 15 is 0 Å². The second-order valence-corrected chi connectivity index (χ2v) is 7.02. The number of carbonyl (C=O) groups excluding carboxylic acids is 1. The van der Waals surface area contributed by atoms with Crippen molar-refractivity contribution in [3.05, 3.63) is 83.9 Å². The van der Waals surface area contributed by atoms with Gasteiger partial charge in [0, 0.05) is 16.8 Å². The number of nitrogens with zero attached hydrogens (tertiary/aromatic N) is 2. The molecule has 0 bridgehead atoms. The molecule has 6 nitrogen and oxygen atoms in total. The molecule has 1 amide bonds. The van der Waals surface area contributed by atoms with Crippen LogP contribution in [0.4, 0.5) is 5.69 Å². The second-order valence-electron chi connectivity index (χ2n) is 7.02. The van der Waals surface area contributed by atoms with Crippen molar-refractivity contribution in [3.8, 4) is 28.6 Å². The topological polar surface area (TPSA) is 77.2 Å². The highest BCUT2D eigenvalue weighted by Gasteiger charge is 2.12. The number of ether oxygens (including phenoxy) is 1. The molecule has 1 heterocycles. The number of hydrogen-bond donors (Lipinski definition) is 1. The van der Waals surface area contributed by atoms with Gasteiger partial charge in [0.25, 0.3) is 11.8 Å². The summed E-state index contributed by atoms with van der Waals surface area (Å²) in [6.07, 6.45) is 0. The molecular weight excluding hydrogens is 378 g/mol. The van der Waals surface area contributed by atoms with E-state index < -0.39 is 0 Å². The predicted octanol–water partition coefficient (Wildman–Crippen LogP) is 5.04. The van der Waals surface area contributed by atoms with Gasteiger partial charge in [0.2, 0.25) is 5.82 Å². The summed E-state index contributed by atoms with van der Waals surface area (Å²) >= 11 is 0. The van der Waals surface area contributed by atoms with Crippen LogP contribution in [0.2, 0.25) is 0 Å². The number of amides is 1. The molecule has 0 atom stereocenters. The zero-order chi connectivity index (χ0) is 20.9. The first-order chi connectivity index (χ1) is 14.6. The normalized spacial score (nSPS) is 10.6. The lowest BCUT2D eigenvalue weighted by molar-refractivity contribution is -0.118. The summed E-state index contributed by atoms with van der Waals surface area (Å²) in [5, 5.41) is 6.89. The number of rotatable bonds is 6. The van der Waals surface area contributed by atoms with E-state index in [0.717, 1.165) is 27.9 Å². The van der Waals surface area contributed by atoms with Gasteiger partial charge in [-0.1, -0.05) is 47.1 Å². The summed E-state index contributed by atoms with van der Waals surface area (Å²) in [7, 11) is 0. The average molecular weight is 399 g/mol. The van der Waals surface area contributed by atoms with Crippen molar-refractivity contribution in [1.82, 2.24) is 10.1 Å². The monoisotopic (exact) mass is 399 g/mol. The summed E-state index contributed by atoms with van der Waals surface area (Å²) in [5.74, 6) is 1.23. The maximum absolute atomic E-state index is 12.2. The molecule has 0 fully saturated rings. The SMILES string of the molecule is Cc1ccc(-c2nc(-c3cccc(OCC(=O)Nc4cccc(C)c4)c3)no2)cc1. The molecule has 0 saturated heterocycles. The average Bonchev–Trinajstić information content (AvgIpc) is 3.23. The lowest BCUT2D eigenvalue weighted by Gasteiger charge is -2.08. The molecule has 1 aromatic heterocycles. The molecule has 0 aliphatic rings. The fourth-order valence-corrected chi connectivity index (χ4v) is 2.95. The van der Waals surface area contributed by atoms with Crippen LogP contribution in [0.5, 0.6) is 5.75 Å². The Kier molecular flexibility index (Phi) is 5.57. The van der Waals surface area contributed by atoms with Crippen LogP contribution in [0.25, 0.3) is 22.8 Å². The van der Waals surface area contributed by atoms with Gasteiger partial charge in [-0.25, -0.2) is 0 Å². The zero-order valence-electron chi connectivity index (χ0n) is 16.8. The molecule has 4 rings (SSSR count). The second kappa shape index (κ2) is 8.61. The van der Waals surface area contributed by atoms with Crippen molar-refractivity contribution in [2.24, 2.45) is 0 Å². The van der Waals surface area contributed by atoms with Gasteiger partial charge in [-0.2, -0.15) is 4.98 Å². The van der Waals surface area contributed by atoms with Gasteiger partial charge in [0.15, 0.2) is 6.61 Å². The van der Waals surface area contributed by atoms with Crippen molar-refractivity contribution >= 4 is 11.6 Å². The van der Waals surface area contributed by atoms with Crippen LogP contribution in [-0.4, -0.2) is 22.7 Å². The Morgan fingerprint density at radius 3 is 2.53 bits per heavy atom. The smallest absolute Gasteiger partial charge is 0.262 e. The standard InChI is InChI=1S/C24H21N3O3/c1-16-9-11-18(12-10-16)24-26-23(27-30-24)19-6-4-8-21(14-19)29-15-22(28)25-20-7-3-5-17(2)13-20/h3-14H,15H2,1-2H3,(H,25,28). The largest absolute Gasteiger partial charge is 0.484 e. The van der Waals surface area contributed by atoms with Crippen LogP contribution < -0.4 is 10.1 Å². The first kappa shape index (κ1) is 19.4. The van der Waals surface area contributed by atoms with Gasteiger partial charge >= 0.3 is 0 Å². The van der Waals surface area contributed by atoms with Gasteiger partial charge in [-0.15, -0.1) is 0 Å². The Bertz CT molecular complexity index is 1170. The predicted molar refractivity (Wildman–Crippen MR) is 115 cm³/mol. The summed E-state index contributed by atoms with van der Waals surface area (Å²) in [5.41, 5.74) is 4.59. The highest BCUT2D eigenvalue weighted by molar-refractivity contribution is 5.91. The number of anilines is 1. The molecular formula is C24H21N3O3. The van der Waals surface area contributed by atoms with Crippen LogP contribution in [0, 0.1) is 13.8 Å². The third-order valence-corrected chi connectivity index (χ3v) is 4.49. The fourth-order valence-electron chi connectivity index (χ4n) is 2.95. The van der Waals surface area contributed by atoms with Crippen LogP contribution >= 0.6 is 0 Å². The Morgan fingerprint density at radius 2 is 1.73 bits per heavy atom. The maximum Gasteiger partial charge on any atom is 0.262 e. The minimum atomic E-state index is -0.229. The van der Waals surface area contributed by atoms with Crippen LogP contribution in [0.1, 0.15) is 11.1 Å². The molecule has 6 heteroatoms. The number of aryl methyl sites for hydroxylation is 2. The molecule has 1 N–H and O–H groups in total. The molecule has 3 aromatic carbocycles. The number of carbonyl (C=O) groups is 1. The minimum Gasteiger partial charge on any atom is -0.484 e. The van der Waals surface area contributed by atoms with E-state index in [0.29, 0.717) is 17.5 Å². The first-order valence-corrected chi connectivity index (χ1v) is 9.57. The van der Waals surface area contributed by atoms with Gasteiger partial charge in [-0.3, -0.25) is 4.79 Å². The van der Waals surface area contributed by atoms with E-state index in [2.05, 4.69) is 15.5 Å². The van der Waals surface area contributed by atoms with Crippen LogP contribution in [0.3, 0.4) is 0 Å². The lowest BCUT2D eigenvalue weighted by atomic mass is 10.1. The zero-order valence-corrected chi connectivity index (χ0v) is 16.8. The quantitative estimate of drug-likeness (QED) is 0.492. The van der Waals surface area contributed by atoms with E-state index in [-0.39, 0.29) is 12.5 Å². The summed E-state index contributed by atoms with van der Waals surface area (Å²) in [6, 6.07) is 22.7. The fraction of sp³-hybridized carbons (Fsp3) is 0.125. The third kappa shape index (κ3) is 4.72. The molecule has 4 aromatic rings. The molecule has 0 radical (unpaired) electrons. The van der Waals surface area contributed by atoms with Gasteiger partial charge < -0.3 is 14.6 Å². The summed E-state index contributed by atoms with van der Waals surface area (Å²) in [6.45, 7) is 3.90. The van der Waals surface area contributed by atoms with Crippen molar-refractivity contribution in [2.45, 2.75) is 13.8 Å². The van der Waals surface area contributed by atoms with Crippen molar-refractivity contribution in [2.75, 3.05) is 11.9 Å². The number of hydrogen-bond acceptors (Lipinski definition) is 5. The van der Waals surface area contributed by atoms with E-state index in [1.54, 1.807) is 12.1 Å². The minimum absolute atomic E-state index is 0.0990. The van der Waals surface area contributed by atoms with Crippen molar-refractivity contribution in [1.29, 1.82) is 0 Å². The lowest BCUT2D eigenvalue weighted by Crippen LogP contribution is -2.20. The summed E-state index contributed by atoms with van der Waals surface area (Å²) < 4.78 is 11.0. The van der Waals surface area contributed by atoms with E-state index in [1.165, 1.54) is 0 Å². The van der Waals surface area contributed by atoms with Gasteiger partial charge in [0.1, 0.15) is 5.75 Å². The third-order valence-electron chi connectivity index (χ3n) is 4.49. The van der Waals surface area contributed by atoms with Crippen LogP contribution in [0.15, 0.2) is 77.3 Å². The summed E-state index contributed by atoms with van der Waals surface area (Å²) in [4.78, 5) is 16.6. The number of nitrogens with one attached hydrogen (secondary N) is 1. The number of benzene rings is 3. The Labute approximate surface area is 174 Å². The van der Waals surface area contributed by atoms with E-state index in [4.69, 9.17) is 9.26 Å². The van der Waals surface area contributed by atoms with Crippen molar-refractivity contribution in [3.63, 3.8) is 0 Å². The first-order valence-electron chi connectivity index (χ1n) is 9.57. The van der Waals surface area contributed by atoms with Gasteiger partial charge in [0.05, 0.1) is 0 Å². The van der Waals surface area contributed by atoms with E-state index in [9.17, 15) is 4.79 Å². The Balaban J connectivity index is 1.41. The van der Waals surface area contributed by atoms with Gasteiger partial charge in [-0.05, 0) is 55.8 Å². The molecule has 0 aliphatic carbocycles.